The number of rotatable bonds is 3. The summed E-state index contributed by atoms with van der Waals surface area (Å²) in [4.78, 5) is 10.9. The first-order valence-electron chi connectivity index (χ1n) is 4.92. The van der Waals surface area contributed by atoms with E-state index in [0.717, 1.165) is 12.1 Å². The molecule has 0 aliphatic heterocycles. The lowest BCUT2D eigenvalue weighted by atomic mass is 10.1. The molecular weight excluding hydrogens is 273 g/mol. The fraction of sp³-hybridized carbons (Fsp3) is 0.364. The molecule has 1 aromatic carbocycles. The Bertz CT molecular complexity index is 401. The Morgan fingerprint density at radius 2 is 1.89 bits per heavy atom. The third kappa shape index (κ3) is 4.83. The van der Waals surface area contributed by atoms with Crippen LogP contribution < -0.4 is 0 Å². The van der Waals surface area contributed by atoms with E-state index in [9.17, 15) is 18.0 Å². The summed E-state index contributed by atoms with van der Waals surface area (Å²) in [7, 11) is 0. The van der Waals surface area contributed by atoms with Crippen LogP contribution >= 0.6 is 11.6 Å². The quantitative estimate of drug-likeness (QED) is 0.622. The molecule has 1 atom stereocenters. The molecule has 0 heterocycles. The zero-order chi connectivity index (χ0) is 13.8. The molecule has 3 nitrogen and oxygen atoms in total. The third-order valence-electron chi connectivity index (χ3n) is 1.90. The molecule has 1 aromatic rings. The van der Waals surface area contributed by atoms with Gasteiger partial charge in [-0.05, 0) is 24.6 Å². The highest BCUT2D eigenvalue weighted by atomic mass is 35.5. The Morgan fingerprint density at radius 1 is 1.33 bits per heavy atom. The van der Waals surface area contributed by atoms with E-state index < -0.39 is 23.5 Å². The molecular formula is C11H10ClF3O3. The molecule has 0 aliphatic carbocycles. The van der Waals surface area contributed by atoms with Gasteiger partial charge in [-0.2, -0.15) is 13.2 Å². The molecule has 18 heavy (non-hydrogen) atoms. The van der Waals surface area contributed by atoms with Gasteiger partial charge in [-0.3, -0.25) is 0 Å². The van der Waals surface area contributed by atoms with Gasteiger partial charge in [-0.25, -0.2) is 4.79 Å². The molecule has 0 unspecified atom stereocenters. The van der Waals surface area contributed by atoms with Gasteiger partial charge in [0.2, 0.25) is 0 Å². The van der Waals surface area contributed by atoms with Gasteiger partial charge in [0, 0.05) is 0 Å². The van der Waals surface area contributed by atoms with Crippen LogP contribution in [-0.2, 0) is 22.3 Å². The standard InChI is InChI=1S/C11H10ClF3O3/c1-7(12)18-10(16)17-6-8-2-4-9(5-3-8)11(13,14)15/h2-5,7H,6H2,1H3/t7-/m1/s1. The van der Waals surface area contributed by atoms with Gasteiger partial charge in [0.05, 0.1) is 5.56 Å². The predicted molar refractivity (Wildman–Crippen MR) is 58.0 cm³/mol. The number of carbonyl (C=O) groups is 1. The number of alkyl halides is 4. The smallest absolute Gasteiger partial charge is 0.429 e. The van der Waals surface area contributed by atoms with Crippen LogP contribution in [0.4, 0.5) is 18.0 Å². The predicted octanol–water partition coefficient (Wildman–Crippen LogP) is 3.94. The van der Waals surface area contributed by atoms with Crippen molar-refractivity contribution in [3.05, 3.63) is 35.4 Å². The van der Waals surface area contributed by atoms with Crippen molar-refractivity contribution >= 4 is 17.8 Å². The van der Waals surface area contributed by atoms with Crippen LogP contribution in [0.1, 0.15) is 18.1 Å². The van der Waals surface area contributed by atoms with Gasteiger partial charge in [0.25, 0.3) is 0 Å². The number of halogens is 4. The second-order valence-corrected chi connectivity index (χ2v) is 4.01. The van der Waals surface area contributed by atoms with Crippen molar-refractivity contribution in [2.45, 2.75) is 25.3 Å². The molecule has 0 fully saturated rings. The Labute approximate surface area is 106 Å². The number of carbonyl (C=O) groups excluding carboxylic acids is 1. The Kier molecular flexibility index (Phi) is 4.84. The van der Waals surface area contributed by atoms with Crippen molar-refractivity contribution in [2.24, 2.45) is 0 Å². The van der Waals surface area contributed by atoms with Crippen molar-refractivity contribution in [1.82, 2.24) is 0 Å². The first-order chi connectivity index (χ1) is 8.29. The summed E-state index contributed by atoms with van der Waals surface area (Å²) in [6.07, 6.45) is -5.36. The van der Waals surface area contributed by atoms with E-state index in [-0.39, 0.29) is 6.61 Å². The maximum Gasteiger partial charge on any atom is 0.510 e. The molecule has 0 bridgehead atoms. The topological polar surface area (TPSA) is 35.5 Å². The summed E-state index contributed by atoms with van der Waals surface area (Å²) in [5.41, 5.74) is -1.17. The summed E-state index contributed by atoms with van der Waals surface area (Å²) < 4.78 is 45.9. The minimum atomic E-state index is -4.38. The van der Waals surface area contributed by atoms with E-state index in [0.29, 0.717) is 5.56 Å². The zero-order valence-electron chi connectivity index (χ0n) is 9.33. The van der Waals surface area contributed by atoms with Crippen LogP contribution in [0.3, 0.4) is 0 Å². The Morgan fingerprint density at radius 3 is 2.33 bits per heavy atom. The fourth-order valence-corrected chi connectivity index (χ4v) is 1.17. The maximum absolute atomic E-state index is 12.3. The second kappa shape index (κ2) is 5.95. The van der Waals surface area contributed by atoms with Crippen LogP contribution in [-0.4, -0.2) is 11.7 Å². The maximum atomic E-state index is 12.3. The molecule has 0 aromatic heterocycles. The normalized spacial score (nSPS) is 12.9. The average Bonchev–Trinajstić information content (AvgIpc) is 2.25. The number of benzene rings is 1. The molecule has 0 spiro atoms. The van der Waals surface area contributed by atoms with Crippen LogP contribution in [0.15, 0.2) is 24.3 Å². The van der Waals surface area contributed by atoms with E-state index in [4.69, 9.17) is 11.6 Å². The second-order valence-electron chi connectivity index (χ2n) is 3.39. The molecule has 0 saturated heterocycles. The van der Waals surface area contributed by atoms with Crippen molar-refractivity contribution in [1.29, 1.82) is 0 Å². The fourth-order valence-electron chi connectivity index (χ4n) is 1.10. The van der Waals surface area contributed by atoms with E-state index in [1.54, 1.807) is 0 Å². The minimum absolute atomic E-state index is 0.180. The lowest BCUT2D eigenvalue weighted by molar-refractivity contribution is -0.137. The van der Waals surface area contributed by atoms with E-state index in [2.05, 4.69) is 9.47 Å². The highest BCUT2D eigenvalue weighted by Crippen LogP contribution is 2.29. The highest BCUT2D eigenvalue weighted by molar-refractivity contribution is 6.19. The first kappa shape index (κ1) is 14.6. The Hall–Kier alpha value is -1.43. The average molecular weight is 283 g/mol. The van der Waals surface area contributed by atoms with Gasteiger partial charge >= 0.3 is 12.3 Å². The van der Waals surface area contributed by atoms with Crippen LogP contribution in [0.5, 0.6) is 0 Å². The molecule has 0 N–H and O–H groups in total. The Balaban J connectivity index is 2.52. The number of hydrogen-bond acceptors (Lipinski definition) is 3. The summed E-state index contributed by atoms with van der Waals surface area (Å²) in [6.45, 7) is 1.25. The van der Waals surface area contributed by atoms with E-state index in [1.165, 1.54) is 19.1 Å². The van der Waals surface area contributed by atoms with Gasteiger partial charge in [-0.15, -0.1) is 0 Å². The molecule has 0 amide bonds. The summed E-state index contributed by atoms with van der Waals surface area (Å²) in [5, 5.41) is 0. The van der Waals surface area contributed by atoms with Gasteiger partial charge in [0.1, 0.15) is 6.61 Å². The van der Waals surface area contributed by atoms with Crippen molar-refractivity contribution in [3.63, 3.8) is 0 Å². The molecule has 1 rings (SSSR count). The molecule has 0 radical (unpaired) electrons. The molecule has 7 heteroatoms. The van der Waals surface area contributed by atoms with Gasteiger partial charge in [-0.1, -0.05) is 23.7 Å². The minimum Gasteiger partial charge on any atom is -0.429 e. The summed E-state index contributed by atoms with van der Waals surface area (Å²) >= 11 is 5.38. The molecule has 0 aliphatic rings. The number of hydrogen-bond donors (Lipinski definition) is 0. The van der Waals surface area contributed by atoms with Gasteiger partial charge in [0.15, 0.2) is 5.56 Å². The summed E-state index contributed by atoms with van der Waals surface area (Å²) in [5.74, 6) is 0. The summed E-state index contributed by atoms with van der Waals surface area (Å²) in [6, 6.07) is 4.27. The molecule has 100 valence electrons. The highest BCUT2D eigenvalue weighted by Gasteiger charge is 2.29. The van der Waals surface area contributed by atoms with Gasteiger partial charge < -0.3 is 9.47 Å². The van der Waals surface area contributed by atoms with Crippen LogP contribution in [0, 0.1) is 0 Å². The SMILES string of the molecule is C[C@H](Cl)OC(=O)OCc1ccc(C(F)(F)F)cc1. The molecule has 0 saturated carbocycles. The number of ether oxygens (including phenoxy) is 2. The third-order valence-corrected chi connectivity index (χ3v) is 1.99. The lowest BCUT2D eigenvalue weighted by Crippen LogP contribution is -2.11. The van der Waals surface area contributed by atoms with E-state index in [1.807, 2.05) is 0 Å². The van der Waals surface area contributed by atoms with Crippen molar-refractivity contribution in [3.8, 4) is 0 Å². The van der Waals surface area contributed by atoms with E-state index >= 15 is 0 Å². The zero-order valence-corrected chi connectivity index (χ0v) is 10.1. The van der Waals surface area contributed by atoms with Crippen molar-refractivity contribution in [2.75, 3.05) is 0 Å². The van der Waals surface area contributed by atoms with Crippen LogP contribution in [0.25, 0.3) is 0 Å². The first-order valence-corrected chi connectivity index (χ1v) is 5.36. The largest absolute Gasteiger partial charge is 0.510 e. The lowest BCUT2D eigenvalue weighted by Gasteiger charge is -2.09. The van der Waals surface area contributed by atoms with Crippen LogP contribution in [0.2, 0.25) is 0 Å². The monoisotopic (exact) mass is 282 g/mol. The van der Waals surface area contributed by atoms with Crippen molar-refractivity contribution < 1.29 is 27.4 Å².